The Kier molecular flexibility index (Phi) is 7.07. The maximum Gasteiger partial charge on any atom is 0.368 e. The molecule has 0 spiro atoms. The molecular weight excluding hydrogens is 427 g/mol. The van der Waals surface area contributed by atoms with Crippen molar-refractivity contribution in [3.63, 3.8) is 0 Å². The molecular formula is C19H15Cl3N2O2S. The van der Waals surface area contributed by atoms with E-state index in [-0.39, 0.29) is 17.2 Å². The van der Waals surface area contributed by atoms with E-state index in [9.17, 15) is 4.79 Å². The molecule has 0 N–H and O–H groups in total. The zero-order valence-electron chi connectivity index (χ0n) is 14.0. The molecule has 0 fully saturated rings. The highest BCUT2D eigenvalue weighted by atomic mass is 35.5. The molecule has 3 aromatic rings. The number of rotatable bonds is 6. The molecule has 1 atom stereocenters. The third kappa shape index (κ3) is 5.91. The summed E-state index contributed by atoms with van der Waals surface area (Å²) >= 11 is 19.0. The molecule has 3 rings (SSSR count). The summed E-state index contributed by atoms with van der Waals surface area (Å²) < 4.78 is 7.30. The monoisotopic (exact) mass is 440 g/mol. The second-order valence-electron chi connectivity index (χ2n) is 5.70. The van der Waals surface area contributed by atoms with Gasteiger partial charge in [-0.05, 0) is 47.2 Å². The van der Waals surface area contributed by atoms with Crippen molar-refractivity contribution in [3.8, 4) is 0 Å². The highest BCUT2D eigenvalue weighted by molar-refractivity contribution is 8.13. The van der Waals surface area contributed by atoms with Crippen molar-refractivity contribution in [2.24, 2.45) is 0 Å². The smallest absolute Gasteiger partial charge is 0.368 e. The summed E-state index contributed by atoms with van der Waals surface area (Å²) in [4.78, 5) is 16.4. The predicted octanol–water partition coefficient (Wildman–Crippen LogP) is 6.65. The Hall–Kier alpha value is -1.66. The summed E-state index contributed by atoms with van der Waals surface area (Å²) in [6, 6.07) is 12.6. The minimum Gasteiger partial charge on any atom is -0.453 e. The lowest BCUT2D eigenvalue weighted by Gasteiger charge is -2.17. The molecule has 0 bridgehead atoms. The molecule has 27 heavy (non-hydrogen) atoms. The first-order valence-corrected chi connectivity index (χ1v) is 10.0. The molecule has 8 heteroatoms. The highest BCUT2D eigenvalue weighted by Gasteiger charge is 2.19. The molecule has 0 aliphatic rings. The van der Waals surface area contributed by atoms with Crippen LogP contribution >= 0.6 is 46.6 Å². The fourth-order valence-electron chi connectivity index (χ4n) is 2.40. The van der Waals surface area contributed by atoms with Gasteiger partial charge in [-0.1, -0.05) is 53.0 Å². The Bertz CT molecular complexity index is 902. The van der Waals surface area contributed by atoms with Gasteiger partial charge >= 0.3 is 5.30 Å². The quantitative estimate of drug-likeness (QED) is 0.401. The maximum atomic E-state index is 12.4. The van der Waals surface area contributed by atoms with Crippen LogP contribution in [0.3, 0.4) is 0 Å². The van der Waals surface area contributed by atoms with Crippen LogP contribution in [-0.4, -0.2) is 14.9 Å². The molecule has 4 nitrogen and oxygen atoms in total. The molecule has 0 saturated carbocycles. The normalized spacial score (nSPS) is 12.0. The van der Waals surface area contributed by atoms with E-state index in [1.54, 1.807) is 42.9 Å². The average Bonchev–Trinajstić information content (AvgIpc) is 3.16. The van der Waals surface area contributed by atoms with Crippen molar-refractivity contribution in [1.82, 2.24) is 9.55 Å². The number of carbonyl (C=O) groups excluding carboxylic acids is 1. The molecule has 2 aromatic carbocycles. The van der Waals surface area contributed by atoms with E-state index < -0.39 is 0 Å². The van der Waals surface area contributed by atoms with Crippen LogP contribution in [0, 0.1) is 0 Å². The predicted molar refractivity (Wildman–Crippen MR) is 111 cm³/mol. The number of imidazole rings is 1. The highest BCUT2D eigenvalue weighted by Crippen LogP contribution is 2.33. The molecule has 0 aliphatic heterocycles. The number of hydrogen-bond donors (Lipinski definition) is 0. The standard InChI is InChI=1S/C19H15Cl3N2O2S/c20-15-4-2-14(3-5-15)18(10-24-8-7-23-12-24)27-19(25)26-11-13-1-6-16(21)17(22)9-13/h1-9,12,18H,10-11H2. The Balaban J connectivity index is 1.66. The van der Waals surface area contributed by atoms with Gasteiger partial charge in [0, 0.05) is 24.0 Å². The number of ether oxygens (including phenoxy) is 1. The van der Waals surface area contributed by atoms with Crippen LogP contribution in [0.25, 0.3) is 0 Å². The molecule has 140 valence electrons. The van der Waals surface area contributed by atoms with Crippen LogP contribution in [0.15, 0.2) is 61.2 Å². The van der Waals surface area contributed by atoms with Crippen LogP contribution in [-0.2, 0) is 17.9 Å². The number of carbonyl (C=O) groups is 1. The Morgan fingerprint density at radius 3 is 2.56 bits per heavy atom. The second-order valence-corrected chi connectivity index (χ2v) is 8.09. The van der Waals surface area contributed by atoms with E-state index in [1.165, 1.54) is 0 Å². The summed E-state index contributed by atoms with van der Waals surface area (Å²) in [7, 11) is 0. The van der Waals surface area contributed by atoms with E-state index in [2.05, 4.69) is 4.98 Å². The SMILES string of the molecule is O=C(OCc1ccc(Cl)c(Cl)c1)SC(Cn1ccnc1)c1ccc(Cl)cc1. The van der Waals surface area contributed by atoms with Gasteiger partial charge in [-0.2, -0.15) is 0 Å². The average molecular weight is 442 g/mol. The number of benzene rings is 2. The number of aromatic nitrogens is 2. The van der Waals surface area contributed by atoms with Crippen molar-refractivity contribution in [2.45, 2.75) is 18.4 Å². The third-order valence-electron chi connectivity index (χ3n) is 3.76. The number of thioether (sulfide) groups is 1. The minimum atomic E-state index is -0.374. The Morgan fingerprint density at radius 1 is 1.11 bits per heavy atom. The third-order valence-corrected chi connectivity index (χ3v) is 5.76. The number of hydrogen-bond acceptors (Lipinski definition) is 4. The molecule has 1 aromatic heterocycles. The van der Waals surface area contributed by atoms with Crippen LogP contribution in [0.2, 0.25) is 15.1 Å². The van der Waals surface area contributed by atoms with Gasteiger partial charge in [-0.3, -0.25) is 0 Å². The first-order chi connectivity index (χ1) is 13.0. The van der Waals surface area contributed by atoms with Crippen molar-refractivity contribution >= 4 is 51.9 Å². The van der Waals surface area contributed by atoms with Gasteiger partial charge in [-0.25, -0.2) is 9.78 Å². The largest absolute Gasteiger partial charge is 0.453 e. The topological polar surface area (TPSA) is 44.1 Å². The first kappa shape index (κ1) is 20.1. The summed E-state index contributed by atoms with van der Waals surface area (Å²) in [5, 5.41) is 1.02. The number of nitrogens with zero attached hydrogens (tertiary/aromatic N) is 2. The summed E-state index contributed by atoms with van der Waals surface area (Å²) in [6.07, 6.45) is 5.27. The zero-order valence-corrected chi connectivity index (χ0v) is 17.1. The summed E-state index contributed by atoms with van der Waals surface area (Å²) in [5.74, 6) is 0. The van der Waals surface area contributed by atoms with Gasteiger partial charge < -0.3 is 9.30 Å². The number of halogens is 3. The second kappa shape index (κ2) is 9.51. The van der Waals surface area contributed by atoms with E-state index in [0.29, 0.717) is 21.6 Å². The molecule has 1 heterocycles. The van der Waals surface area contributed by atoms with Crippen molar-refractivity contribution < 1.29 is 9.53 Å². The summed E-state index contributed by atoms with van der Waals surface area (Å²) in [6.45, 7) is 0.704. The van der Waals surface area contributed by atoms with Gasteiger partial charge in [-0.15, -0.1) is 0 Å². The molecule has 0 amide bonds. The lowest BCUT2D eigenvalue weighted by atomic mass is 10.1. The molecule has 0 saturated heterocycles. The maximum absolute atomic E-state index is 12.4. The zero-order chi connectivity index (χ0) is 19.2. The lowest BCUT2D eigenvalue weighted by Crippen LogP contribution is -2.09. The molecule has 1 unspecified atom stereocenters. The van der Waals surface area contributed by atoms with Crippen molar-refractivity contribution in [2.75, 3.05) is 0 Å². The lowest BCUT2D eigenvalue weighted by molar-refractivity contribution is 0.168. The van der Waals surface area contributed by atoms with Gasteiger partial charge in [0.25, 0.3) is 0 Å². The van der Waals surface area contributed by atoms with E-state index in [4.69, 9.17) is 39.5 Å². The molecule has 0 aliphatic carbocycles. The van der Waals surface area contributed by atoms with Gasteiger partial charge in [0.15, 0.2) is 0 Å². The van der Waals surface area contributed by atoms with Gasteiger partial charge in [0.1, 0.15) is 6.61 Å². The summed E-state index contributed by atoms with van der Waals surface area (Å²) in [5.41, 5.74) is 1.75. The van der Waals surface area contributed by atoms with Crippen molar-refractivity contribution in [1.29, 1.82) is 0 Å². The van der Waals surface area contributed by atoms with Crippen LogP contribution in [0.1, 0.15) is 16.4 Å². The fraction of sp³-hybridized carbons (Fsp3) is 0.158. The Morgan fingerprint density at radius 2 is 1.89 bits per heavy atom. The van der Waals surface area contributed by atoms with E-state index >= 15 is 0 Å². The van der Waals surface area contributed by atoms with Crippen molar-refractivity contribution in [3.05, 3.63) is 87.4 Å². The van der Waals surface area contributed by atoms with Crippen LogP contribution in [0.5, 0.6) is 0 Å². The first-order valence-electron chi connectivity index (χ1n) is 8.00. The van der Waals surface area contributed by atoms with Gasteiger partial charge in [0.2, 0.25) is 0 Å². The van der Waals surface area contributed by atoms with Crippen LogP contribution in [0.4, 0.5) is 4.79 Å². The van der Waals surface area contributed by atoms with E-state index in [0.717, 1.165) is 22.9 Å². The van der Waals surface area contributed by atoms with Gasteiger partial charge in [0.05, 0.1) is 21.6 Å². The molecule has 0 radical (unpaired) electrons. The fourth-order valence-corrected chi connectivity index (χ4v) is 3.74. The Labute approximate surface area is 176 Å². The van der Waals surface area contributed by atoms with Crippen LogP contribution < -0.4 is 0 Å². The minimum absolute atomic E-state index is 0.126. The van der Waals surface area contributed by atoms with E-state index in [1.807, 2.05) is 22.9 Å².